The summed E-state index contributed by atoms with van der Waals surface area (Å²) in [5, 5.41) is 15.1. The van der Waals surface area contributed by atoms with Gasteiger partial charge in [-0.3, -0.25) is 14.4 Å². The molecule has 4 heterocycles. The van der Waals surface area contributed by atoms with Crippen LogP contribution >= 0.6 is 11.8 Å². The Labute approximate surface area is 205 Å². The Morgan fingerprint density at radius 3 is 2.43 bits per heavy atom. The summed E-state index contributed by atoms with van der Waals surface area (Å²) in [6.07, 6.45) is -2.74. The van der Waals surface area contributed by atoms with Crippen molar-refractivity contribution in [2.45, 2.75) is 62.2 Å². The van der Waals surface area contributed by atoms with E-state index in [0.717, 1.165) is 0 Å². The summed E-state index contributed by atoms with van der Waals surface area (Å²) < 4.78 is 25.3. The van der Waals surface area contributed by atoms with Gasteiger partial charge in [0.25, 0.3) is 5.91 Å². The first-order valence-corrected chi connectivity index (χ1v) is 12.4. The van der Waals surface area contributed by atoms with Gasteiger partial charge in [0.2, 0.25) is 11.8 Å². The van der Waals surface area contributed by atoms with E-state index < -0.39 is 48.3 Å². The molecule has 194 valence electrons. The number of aliphatic carboxylic acids is 1. The SMILES string of the molecule is C[C@@H](NC(=O)C(F)F)[C@H]1C(=O)N2C(C(=O)O)=C(S[C@@H]3CN[C@H](C(=O)N4C[C@H](N)[C@@H](N)C4)C3)[C@H](C)[C@H]12. The summed E-state index contributed by atoms with van der Waals surface area (Å²) in [6, 6.07) is -2.40. The molecule has 0 aliphatic carbocycles. The Kier molecular flexibility index (Phi) is 7.10. The number of likely N-dealkylation sites (tertiary alicyclic amines) is 1. The maximum absolute atomic E-state index is 12.9. The third-order valence-corrected chi connectivity index (χ3v) is 8.82. The molecule has 0 saturated carbocycles. The molecule has 0 spiro atoms. The molecule has 14 heteroatoms. The van der Waals surface area contributed by atoms with E-state index in [9.17, 15) is 33.1 Å². The van der Waals surface area contributed by atoms with Gasteiger partial charge in [0.05, 0.1) is 18.0 Å². The molecule has 4 aliphatic rings. The number of alkyl halides is 2. The van der Waals surface area contributed by atoms with Crippen LogP contribution in [0.1, 0.15) is 20.3 Å². The Morgan fingerprint density at radius 1 is 1.23 bits per heavy atom. The van der Waals surface area contributed by atoms with Crippen molar-refractivity contribution in [3.63, 3.8) is 0 Å². The molecule has 4 rings (SSSR count). The molecule has 7 N–H and O–H groups in total. The predicted octanol–water partition coefficient (Wildman–Crippen LogP) is -1.51. The third-order valence-electron chi connectivity index (χ3n) is 7.30. The fraction of sp³-hybridized carbons (Fsp3) is 0.714. The largest absolute Gasteiger partial charge is 0.477 e. The number of carbonyl (C=O) groups excluding carboxylic acids is 3. The second-order valence-electron chi connectivity index (χ2n) is 9.64. The van der Waals surface area contributed by atoms with Crippen LogP contribution in [0.2, 0.25) is 0 Å². The number of nitrogens with two attached hydrogens (primary N) is 2. The van der Waals surface area contributed by atoms with Crippen LogP contribution in [-0.4, -0.2) is 100 Å². The highest BCUT2D eigenvalue weighted by molar-refractivity contribution is 8.03. The molecule has 0 bridgehead atoms. The first-order valence-electron chi connectivity index (χ1n) is 11.5. The summed E-state index contributed by atoms with van der Waals surface area (Å²) in [7, 11) is 0. The Balaban J connectivity index is 1.44. The molecule has 0 aromatic heterocycles. The topological polar surface area (TPSA) is 171 Å². The van der Waals surface area contributed by atoms with Gasteiger partial charge in [-0.25, -0.2) is 4.79 Å². The van der Waals surface area contributed by atoms with E-state index in [0.29, 0.717) is 31.0 Å². The summed E-state index contributed by atoms with van der Waals surface area (Å²) in [5.74, 6) is -4.51. The van der Waals surface area contributed by atoms with Crippen molar-refractivity contribution >= 4 is 35.5 Å². The number of hydrogen-bond donors (Lipinski definition) is 5. The van der Waals surface area contributed by atoms with Crippen LogP contribution < -0.4 is 22.1 Å². The van der Waals surface area contributed by atoms with E-state index in [4.69, 9.17) is 11.5 Å². The van der Waals surface area contributed by atoms with Crippen molar-refractivity contribution in [2.75, 3.05) is 19.6 Å². The predicted molar refractivity (Wildman–Crippen MR) is 122 cm³/mol. The average molecular weight is 517 g/mol. The highest BCUT2D eigenvalue weighted by Gasteiger charge is 2.60. The number of nitrogens with one attached hydrogen (secondary N) is 2. The molecule has 3 amide bonds. The maximum Gasteiger partial charge on any atom is 0.353 e. The van der Waals surface area contributed by atoms with Crippen LogP contribution in [0.15, 0.2) is 10.6 Å². The lowest BCUT2D eigenvalue weighted by atomic mass is 9.78. The number of hydrogen-bond acceptors (Lipinski definition) is 8. The molecule has 11 nitrogen and oxygen atoms in total. The van der Waals surface area contributed by atoms with Crippen LogP contribution in [0.4, 0.5) is 8.78 Å². The molecular formula is C21H30F2N6O5S. The third kappa shape index (κ3) is 4.52. The zero-order valence-electron chi connectivity index (χ0n) is 19.3. The van der Waals surface area contributed by atoms with Gasteiger partial charge in [0, 0.05) is 53.8 Å². The number of β-lactam (4-membered cyclic amide) rings is 1. The molecule has 0 radical (unpaired) electrons. The number of rotatable bonds is 7. The molecule has 0 aromatic carbocycles. The van der Waals surface area contributed by atoms with Crippen molar-refractivity contribution in [1.82, 2.24) is 20.4 Å². The number of amides is 3. The normalized spacial score (nSPS) is 35.4. The minimum atomic E-state index is -3.21. The highest BCUT2D eigenvalue weighted by Crippen LogP contribution is 2.51. The van der Waals surface area contributed by atoms with Gasteiger partial charge in [-0.2, -0.15) is 8.78 Å². The number of nitrogens with zero attached hydrogens (tertiary/aromatic N) is 2. The summed E-state index contributed by atoms with van der Waals surface area (Å²) in [6.45, 7) is 4.50. The molecule has 35 heavy (non-hydrogen) atoms. The summed E-state index contributed by atoms with van der Waals surface area (Å²) in [4.78, 5) is 52.5. The number of halogens is 2. The van der Waals surface area contributed by atoms with E-state index in [1.54, 1.807) is 11.8 Å². The van der Waals surface area contributed by atoms with E-state index >= 15 is 0 Å². The fourth-order valence-corrected chi connectivity index (χ4v) is 6.97. The second-order valence-corrected chi connectivity index (χ2v) is 11.0. The van der Waals surface area contributed by atoms with Crippen molar-refractivity contribution in [1.29, 1.82) is 0 Å². The lowest BCUT2D eigenvalue weighted by molar-refractivity contribution is -0.159. The van der Waals surface area contributed by atoms with Crippen LogP contribution in [0.3, 0.4) is 0 Å². The van der Waals surface area contributed by atoms with Gasteiger partial charge in [-0.1, -0.05) is 6.92 Å². The molecule has 8 atom stereocenters. The molecule has 3 fully saturated rings. The molecule has 0 unspecified atom stereocenters. The van der Waals surface area contributed by atoms with Crippen LogP contribution in [-0.2, 0) is 19.2 Å². The first-order chi connectivity index (χ1) is 16.4. The Bertz CT molecular complexity index is 956. The van der Waals surface area contributed by atoms with Crippen molar-refractivity contribution in [3.05, 3.63) is 10.6 Å². The van der Waals surface area contributed by atoms with Crippen LogP contribution in [0.5, 0.6) is 0 Å². The van der Waals surface area contributed by atoms with Crippen molar-refractivity contribution < 1.29 is 33.1 Å². The molecule has 3 saturated heterocycles. The summed E-state index contributed by atoms with van der Waals surface area (Å²) >= 11 is 1.32. The minimum absolute atomic E-state index is 0.0916. The quantitative estimate of drug-likeness (QED) is 0.252. The zero-order chi connectivity index (χ0) is 25.8. The Morgan fingerprint density at radius 2 is 1.86 bits per heavy atom. The lowest BCUT2D eigenvalue weighted by Crippen LogP contribution is -2.66. The van der Waals surface area contributed by atoms with Crippen LogP contribution in [0, 0.1) is 11.8 Å². The van der Waals surface area contributed by atoms with E-state index in [1.807, 2.05) is 0 Å². The van der Waals surface area contributed by atoms with E-state index in [2.05, 4.69) is 10.6 Å². The number of thioether (sulfide) groups is 1. The highest BCUT2D eigenvalue weighted by atomic mass is 32.2. The van der Waals surface area contributed by atoms with Gasteiger partial charge < -0.3 is 37.0 Å². The second kappa shape index (κ2) is 9.64. The minimum Gasteiger partial charge on any atom is -0.477 e. The van der Waals surface area contributed by atoms with Gasteiger partial charge in [-0.15, -0.1) is 11.8 Å². The molecular weight excluding hydrogens is 486 g/mol. The number of fused-ring (bicyclic) bond motifs is 1. The molecule has 0 aromatic rings. The standard InChI is InChI=1S/C21H30F2N6O5S/c1-7-14-13(8(2)27-18(30)17(22)23)20(32)29(14)15(21(33)34)16(7)35-9-3-12(26-4-9)19(31)28-5-10(24)11(25)6-28/h7-14,17,26H,3-6,24-25H2,1-2H3,(H,27,30)(H,33,34)/t7-,8-,9+,10+,11+,12+,13-,14-/m1/s1. The number of carboxylic acids is 1. The molecule has 4 aliphatic heterocycles. The fourth-order valence-electron chi connectivity index (χ4n) is 5.49. The summed E-state index contributed by atoms with van der Waals surface area (Å²) in [5.41, 5.74) is 11.7. The number of carboxylic acid groups (broad SMARTS) is 1. The van der Waals surface area contributed by atoms with Crippen molar-refractivity contribution in [3.8, 4) is 0 Å². The lowest BCUT2D eigenvalue weighted by Gasteiger charge is -2.47. The first kappa shape index (κ1) is 25.8. The van der Waals surface area contributed by atoms with Gasteiger partial charge in [0.15, 0.2) is 0 Å². The maximum atomic E-state index is 12.9. The Hall–Kier alpha value is -2.29. The smallest absolute Gasteiger partial charge is 0.353 e. The van der Waals surface area contributed by atoms with Gasteiger partial charge >= 0.3 is 12.4 Å². The van der Waals surface area contributed by atoms with Crippen molar-refractivity contribution in [2.24, 2.45) is 23.3 Å². The van der Waals surface area contributed by atoms with E-state index in [-0.39, 0.29) is 34.9 Å². The van der Waals surface area contributed by atoms with E-state index in [1.165, 1.54) is 23.6 Å². The van der Waals surface area contributed by atoms with Crippen LogP contribution in [0.25, 0.3) is 0 Å². The zero-order valence-corrected chi connectivity index (χ0v) is 20.1. The average Bonchev–Trinajstić information content (AvgIpc) is 3.44. The monoisotopic (exact) mass is 516 g/mol. The number of carbonyl (C=O) groups is 4. The van der Waals surface area contributed by atoms with Gasteiger partial charge in [0.1, 0.15) is 5.70 Å². The van der Waals surface area contributed by atoms with Gasteiger partial charge in [-0.05, 0) is 13.3 Å².